The normalized spacial score (nSPS) is 10.8. The lowest BCUT2D eigenvalue weighted by Gasteiger charge is -2.21. The molecule has 0 bridgehead atoms. The highest BCUT2D eigenvalue weighted by Gasteiger charge is 2.15. The fraction of sp³-hybridized carbons (Fsp3) is 0.364. The molecule has 7 heteroatoms. The third-order valence-electron chi connectivity index (χ3n) is 4.60. The molecule has 0 saturated carbocycles. The molecule has 0 radical (unpaired) electrons. The predicted molar refractivity (Wildman–Crippen MR) is 116 cm³/mol. The number of ether oxygens (including phenoxy) is 1. The van der Waals surface area contributed by atoms with Crippen LogP contribution in [0.25, 0.3) is 0 Å². The Morgan fingerprint density at radius 2 is 1.79 bits per heavy atom. The first kappa shape index (κ1) is 22.9. The van der Waals surface area contributed by atoms with E-state index in [1.807, 2.05) is 50.2 Å². The number of carbonyl (C=O) groups is 2. The lowest BCUT2D eigenvalue weighted by molar-refractivity contribution is -0.123. The molecule has 0 aliphatic rings. The zero-order chi connectivity index (χ0) is 21.2. The molecule has 0 unspecified atom stereocenters. The zero-order valence-electron chi connectivity index (χ0n) is 17.1. The number of hydrogen-bond donors (Lipinski definition) is 2. The molecule has 0 fully saturated rings. The molecule has 2 rings (SSSR count). The standard InChI is InChI=1S/C22H28ClN3O3/c1-16-6-4-9-20(17(16)2)25-22(28)15-26(10-11-29-3)14-21(27)24-13-18-7-5-8-19(23)12-18/h4-9,12H,10-11,13-15H2,1-3H3,(H,24,27)(H,25,28). The topological polar surface area (TPSA) is 70.7 Å². The summed E-state index contributed by atoms with van der Waals surface area (Å²) in [5.41, 5.74) is 3.84. The van der Waals surface area contributed by atoms with Gasteiger partial charge >= 0.3 is 0 Å². The average Bonchev–Trinajstić information content (AvgIpc) is 2.68. The largest absolute Gasteiger partial charge is 0.383 e. The predicted octanol–water partition coefficient (Wildman–Crippen LogP) is 3.16. The number of benzene rings is 2. The van der Waals surface area contributed by atoms with Crippen molar-refractivity contribution in [3.63, 3.8) is 0 Å². The fourth-order valence-corrected chi connectivity index (χ4v) is 3.03. The monoisotopic (exact) mass is 417 g/mol. The summed E-state index contributed by atoms with van der Waals surface area (Å²) < 4.78 is 5.11. The molecular formula is C22H28ClN3O3. The van der Waals surface area contributed by atoms with Crippen LogP contribution in [0.15, 0.2) is 42.5 Å². The Morgan fingerprint density at radius 1 is 1.07 bits per heavy atom. The van der Waals surface area contributed by atoms with Gasteiger partial charge < -0.3 is 15.4 Å². The maximum absolute atomic E-state index is 12.5. The van der Waals surface area contributed by atoms with Crippen molar-refractivity contribution >= 4 is 29.1 Å². The van der Waals surface area contributed by atoms with Gasteiger partial charge in [0.05, 0.1) is 19.7 Å². The number of methoxy groups -OCH3 is 1. The van der Waals surface area contributed by atoms with Crippen LogP contribution < -0.4 is 10.6 Å². The summed E-state index contributed by atoms with van der Waals surface area (Å²) >= 11 is 5.97. The molecule has 29 heavy (non-hydrogen) atoms. The highest BCUT2D eigenvalue weighted by molar-refractivity contribution is 6.30. The van der Waals surface area contributed by atoms with Crippen molar-refractivity contribution in [3.8, 4) is 0 Å². The third kappa shape index (κ3) is 7.85. The zero-order valence-corrected chi connectivity index (χ0v) is 17.9. The van der Waals surface area contributed by atoms with Gasteiger partial charge in [0.1, 0.15) is 0 Å². The Bertz CT molecular complexity index is 842. The number of amides is 2. The Morgan fingerprint density at radius 3 is 2.52 bits per heavy atom. The maximum Gasteiger partial charge on any atom is 0.238 e. The third-order valence-corrected chi connectivity index (χ3v) is 4.84. The maximum atomic E-state index is 12.5. The summed E-state index contributed by atoms with van der Waals surface area (Å²) in [5.74, 6) is -0.335. The molecule has 2 amide bonds. The molecule has 0 aliphatic carbocycles. The summed E-state index contributed by atoms with van der Waals surface area (Å²) in [6, 6.07) is 13.1. The van der Waals surface area contributed by atoms with Gasteiger partial charge in [0.15, 0.2) is 0 Å². The molecule has 2 aromatic rings. The van der Waals surface area contributed by atoms with Crippen molar-refractivity contribution in [2.45, 2.75) is 20.4 Å². The Labute approximate surface area is 177 Å². The van der Waals surface area contributed by atoms with Crippen LogP contribution in [-0.2, 0) is 20.9 Å². The average molecular weight is 418 g/mol. The van der Waals surface area contributed by atoms with Crippen molar-refractivity contribution in [2.24, 2.45) is 0 Å². The molecule has 0 atom stereocenters. The smallest absolute Gasteiger partial charge is 0.238 e. The van der Waals surface area contributed by atoms with Crippen LogP contribution in [0.1, 0.15) is 16.7 Å². The molecule has 2 N–H and O–H groups in total. The number of aryl methyl sites for hydroxylation is 1. The van der Waals surface area contributed by atoms with Gasteiger partial charge in [-0.3, -0.25) is 14.5 Å². The highest BCUT2D eigenvalue weighted by atomic mass is 35.5. The van der Waals surface area contributed by atoms with E-state index in [-0.39, 0.29) is 24.9 Å². The number of nitrogens with one attached hydrogen (secondary N) is 2. The molecule has 0 aromatic heterocycles. The molecule has 2 aromatic carbocycles. The van der Waals surface area contributed by atoms with E-state index >= 15 is 0 Å². The van der Waals surface area contributed by atoms with Crippen molar-refractivity contribution < 1.29 is 14.3 Å². The minimum atomic E-state index is -0.169. The van der Waals surface area contributed by atoms with Crippen LogP contribution in [-0.4, -0.2) is 50.1 Å². The van der Waals surface area contributed by atoms with Gasteiger partial charge in [-0.25, -0.2) is 0 Å². The Balaban J connectivity index is 1.90. The van der Waals surface area contributed by atoms with E-state index in [1.165, 1.54) is 0 Å². The van der Waals surface area contributed by atoms with Crippen LogP contribution >= 0.6 is 11.6 Å². The van der Waals surface area contributed by atoms with Crippen molar-refractivity contribution in [1.82, 2.24) is 10.2 Å². The number of rotatable bonds is 10. The Hall–Kier alpha value is -2.41. The fourth-order valence-electron chi connectivity index (χ4n) is 2.82. The SMILES string of the molecule is COCCN(CC(=O)NCc1cccc(Cl)c1)CC(=O)Nc1cccc(C)c1C. The van der Waals surface area contributed by atoms with Gasteiger partial charge in [-0.2, -0.15) is 0 Å². The number of halogens is 1. The number of nitrogens with zero attached hydrogens (tertiary/aromatic N) is 1. The summed E-state index contributed by atoms with van der Waals surface area (Å²) in [6.07, 6.45) is 0. The minimum absolute atomic E-state index is 0.0985. The van der Waals surface area contributed by atoms with E-state index in [4.69, 9.17) is 16.3 Å². The molecule has 6 nitrogen and oxygen atoms in total. The van der Waals surface area contributed by atoms with Crippen molar-refractivity contribution in [1.29, 1.82) is 0 Å². The summed E-state index contributed by atoms with van der Waals surface area (Å²) in [4.78, 5) is 26.6. The number of anilines is 1. The first-order valence-corrected chi connectivity index (χ1v) is 9.85. The van der Waals surface area contributed by atoms with E-state index in [1.54, 1.807) is 18.1 Å². The van der Waals surface area contributed by atoms with Gasteiger partial charge in [0, 0.05) is 30.9 Å². The first-order chi connectivity index (χ1) is 13.9. The molecule has 0 aliphatic heterocycles. The van der Waals surface area contributed by atoms with Crippen LogP contribution in [0, 0.1) is 13.8 Å². The van der Waals surface area contributed by atoms with Crippen LogP contribution in [0.3, 0.4) is 0 Å². The summed E-state index contributed by atoms with van der Waals surface area (Å²) in [5, 5.41) is 6.41. The van der Waals surface area contributed by atoms with Crippen LogP contribution in [0.5, 0.6) is 0 Å². The molecule has 0 saturated heterocycles. The van der Waals surface area contributed by atoms with Gasteiger partial charge in [0.2, 0.25) is 11.8 Å². The second-order valence-corrected chi connectivity index (χ2v) is 7.34. The van der Waals surface area contributed by atoms with Gasteiger partial charge in [-0.1, -0.05) is 35.9 Å². The quantitative estimate of drug-likeness (QED) is 0.623. The highest BCUT2D eigenvalue weighted by Crippen LogP contribution is 2.17. The van der Waals surface area contributed by atoms with Crippen LogP contribution in [0.4, 0.5) is 5.69 Å². The molecule has 0 heterocycles. The van der Waals surface area contributed by atoms with Gasteiger partial charge in [0.25, 0.3) is 0 Å². The van der Waals surface area contributed by atoms with E-state index < -0.39 is 0 Å². The summed E-state index contributed by atoms with van der Waals surface area (Å²) in [6.45, 7) is 5.45. The molecule has 0 spiro atoms. The van der Waals surface area contributed by atoms with Gasteiger partial charge in [-0.05, 0) is 48.7 Å². The number of hydrogen-bond acceptors (Lipinski definition) is 4. The van der Waals surface area contributed by atoms with E-state index in [0.717, 1.165) is 22.4 Å². The summed E-state index contributed by atoms with van der Waals surface area (Å²) in [7, 11) is 1.59. The second-order valence-electron chi connectivity index (χ2n) is 6.91. The second kappa shape index (κ2) is 11.6. The number of carbonyl (C=O) groups excluding carboxylic acids is 2. The Kier molecular flexibility index (Phi) is 9.12. The van der Waals surface area contributed by atoms with E-state index in [9.17, 15) is 9.59 Å². The lowest BCUT2D eigenvalue weighted by Crippen LogP contribution is -2.42. The lowest BCUT2D eigenvalue weighted by atomic mass is 10.1. The minimum Gasteiger partial charge on any atom is -0.383 e. The first-order valence-electron chi connectivity index (χ1n) is 9.47. The van der Waals surface area contributed by atoms with Crippen LogP contribution in [0.2, 0.25) is 5.02 Å². The van der Waals surface area contributed by atoms with E-state index in [0.29, 0.717) is 24.7 Å². The van der Waals surface area contributed by atoms with E-state index in [2.05, 4.69) is 10.6 Å². The molecule has 156 valence electrons. The van der Waals surface area contributed by atoms with Gasteiger partial charge in [-0.15, -0.1) is 0 Å². The van der Waals surface area contributed by atoms with Crippen molar-refractivity contribution in [2.75, 3.05) is 38.7 Å². The molecular weight excluding hydrogens is 390 g/mol. The van der Waals surface area contributed by atoms with Crippen molar-refractivity contribution in [3.05, 3.63) is 64.2 Å².